The fourth-order valence-corrected chi connectivity index (χ4v) is 0.924. The highest BCUT2D eigenvalue weighted by molar-refractivity contribution is 7.43. The van der Waals surface area contributed by atoms with Crippen molar-refractivity contribution >= 4 is 7.82 Å². The topological polar surface area (TPSA) is 84.5 Å². The van der Waals surface area contributed by atoms with Gasteiger partial charge in [0.25, 0.3) is 7.82 Å². The van der Waals surface area contributed by atoms with Crippen molar-refractivity contribution < 1.29 is 23.8 Å². The molecular formula is C9H16NO4P. The first kappa shape index (κ1) is 14.3. The van der Waals surface area contributed by atoms with Gasteiger partial charge in [0, 0.05) is 18.6 Å². The fraction of sp³-hybridized carbons (Fsp3) is 0.444. The maximum Gasteiger partial charge on any atom is 0.262 e. The number of unbranched alkanes of at least 4 members (excludes halogenated alkanes) is 1. The average molecular weight is 233 g/mol. The first-order chi connectivity index (χ1) is 6.93. The van der Waals surface area contributed by atoms with Gasteiger partial charge in [-0.05, 0) is 0 Å². The minimum absolute atomic E-state index is 1.15. The third-order valence-electron chi connectivity index (χ3n) is 1.55. The Morgan fingerprint density at radius 1 is 1.27 bits per heavy atom. The molecule has 2 N–H and O–H groups in total. The molecule has 1 heterocycles. The molecule has 0 aliphatic carbocycles. The Morgan fingerprint density at radius 3 is 2.13 bits per heavy atom. The van der Waals surface area contributed by atoms with E-state index in [0.717, 1.165) is 6.54 Å². The normalized spacial score (nSPS) is 10.4. The Kier molecular flexibility index (Phi) is 7.17. The summed E-state index contributed by atoms with van der Waals surface area (Å²) < 4.78 is 11.0. The number of pyridine rings is 1. The van der Waals surface area contributed by atoms with Gasteiger partial charge >= 0.3 is 0 Å². The Balaban J connectivity index is 0.000000336. The van der Waals surface area contributed by atoms with Crippen LogP contribution in [0.2, 0.25) is 0 Å². The first-order valence-corrected chi connectivity index (χ1v) is 6.17. The largest absolute Gasteiger partial charge is 0.756 e. The van der Waals surface area contributed by atoms with Gasteiger partial charge in [0.1, 0.15) is 6.54 Å². The lowest BCUT2D eigenvalue weighted by Gasteiger charge is -2.01. The molecule has 15 heavy (non-hydrogen) atoms. The molecule has 1 rings (SSSR count). The van der Waals surface area contributed by atoms with Crippen LogP contribution in [0.25, 0.3) is 0 Å². The van der Waals surface area contributed by atoms with Gasteiger partial charge in [-0.25, -0.2) is 4.57 Å². The zero-order valence-corrected chi connectivity index (χ0v) is 9.51. The van der Waals surface area contributed by atoms with Crippen LogP contribution in [0.1, 0.15) is 19.8 Å². The molecule has 0 bridgehead atoms. The lowest BCUT2D eigenvalue weighted by atomic mass is 10.3. The number of rotatable bonds is 3. The van der Waals surface area contributed by atoms with Crippen molar-refractivity contribution in [1.82, 2.24) is 0 Å². The molecule has 0 unspecified atom stereocenters. The van der Waals surface area contributed by atoms with Crippen LogP contribution < -0.4 is 9.46 Å². The number of nitrogens with zero attached hydrogens (tertiary/aromatic N) is 1. The molecule has 0 saturated carbocycles. The number of phosphoric acid groups is 1. The summed E-state index contributed by atoms with van der Waals surface area (Å²) in [7, 11) is -4.89. The van der Waals surface area contributed by atoms with Gasteiger partial charge in [-0.3, -0.25) is 4.57 Å². The van der Waals surface area contributed by atoms with E-state index in [9.17, 15) is 0 Å². The summed E-state index contributed by atoms with van der Waals surface area (Å²) in [4.78, 5) is 22.9. The highest BCUT2D eigenvalue weighted by atomic mass is 31.2. The number of aryl methyl sites for hydroxylation is 1. The standard InChI is InChI=1S/C9H14N.H3O4P/c1-2-3-7-10-8-5-4-6-9-10;1-5(2,3)4/h4-6,8-9H,2-3,7H2,1H3;(H3,1,2,3,4)/q+1;/p-1. The minimum atomic E-state index is -4.89. The predicted molar refractivity (Wildman–Crippen MR) is 53.6 cm³/mol. The zero-order valence-electron chi connectivity index (χ0n) is 8.61. The van der Waals surface area contributed by atoms with E-state index < -0.39 is 7.82 Å². The second kappa shape index (κ2) is 7.54. The van der Waals surface area contributed by atoms with Gasteiger partial charge in [-0.2, -0.15) is 0 Å². The van der Waals surface area contributed by atoms with Crippen molar-refractivity contribution in [3.8, 4) is 0 Å². The van der Waals surface area contributed by atoms with Gasteiger partial charge in [-0.1, -0.05) is 19.4 Å². The number of hydrogen-bond acceptors (Lipinski definition) is 2. The second-order valence-electron chi connectivity index (χ2n) is 2.96. The summed E-state index contributed by atoms with van der Waals surface area (Å²) in [5.74, 6) is 0. The molecule has 0 radical (unpaired) electrons. The molecule has 6 heteroatoms. The smallest absolute Gasteiger partial charge is 0.262 e. The quantitative estimate of drug-likeness (QED) is 0.577. The van der Waals surface area contributed by atoms with Crippen LogP contribution in [-0.2, 0) is 11.1 Å². The summed E-state index contributed by atoms with van der Waals surface area (Å²) in [6, 6.07) is 6.17. The van der Waals surface area contributed by atoms with Crippen LogP contribution in [0.5, 0.6) is 0 Å². The third kappa shape index (κ3) is 13.3. The second-order valence-corrected chi connectivity index (χ2v) is 3.94. The highest BCUT2D eigenvalue weighted by Crippen LogP contribution is 2.18. The summed E-state index contributed by atoms with van der Waals surface area (Å²) in [6.45, 7) is 3.36. The van der Waals surface area contributed by atoms with Crippen LogP contribution >= 0.6 is 7.82 Å². The summed E-state index contributed by atoms with van der Waals surface area (Å²) in [5, 5.41) is 0. The van der Waals surface area contributed by atoms with Crippen LogP contribution in [0.3, 0.4) is 0 Å². The van der Waals surface area contributed by atoms with E-state index >= 15 is 0 Å². The molecule has 0 atom stereocenters. The van der Waals surface area contributed by atoms with Crippen LogP contribution in [0, 0.1) is 0 Å². The molecule has 0 aromatic carbocycles. The van der Waals surface area contributed by atoms with Gasteiger partial charge in [0.05, 0.1) is 0 Å². The fourth-order valence-electron chi connectivity index (χ4n) is 0.924. The SMILES string of the molecule is CCCC[n+]1ccccc1.O=P([O-])(O)O. The number of hydrogen-bond donors (Lipinski definition) is 2. The average Bonchev–Trinajstić information content (AvgIpc) is 2.14. The Labute approximate surface area is 89.3 Å². The van der Waals surface area contributed by atoms with Crippen LogP contribution in [0.15, 0.2) is 30.6 Å². The van der Waals surface area contributed by atoms with Crippen molar-refractivity contribution in [3.63, 3.8) is 0 Å². The Morgan fingerprint density at radius 2 is 1.73 bits per heavy atom. The number of aromatic nitrogens is 1. The predicted octanol–water partition coefficient (Wildman–Crippen LogP) is 0.214. The molecule has 0 spiro atoms. The lowest BCUT2D eigenvalue weighted by Crippen LogP contribution is -2.31. The first-order valence-electron chi connectivity index (χ1n) is 4.64. The van der Waals surface area contributed by atoms with Crippen molar-refractivity contribution in [1.29, 1.82) is 0 Å². The maximum absolute atomic E-state index is 8.77. The molecule has 5 nitrogen and oxygen atoms in total. The molecule has 0 amide bonds. The van der Waals surface area contributed by atoms with E-state index in [1.807, 2.05) is 6.07 Å². The molecular weight excluding hydrogens is 217 g/mol. The maximum atomic E-state index is 8.77. The van der Waals surface area contributed by atoms with Crippen LogP contribution in [-0.4, -0.2) is 9.79 Å². The van der Waals surface area contributed by atoms with Crippen molar-refractivity contribution in [2.75, 3.05) is 0 Å². The molecule has 1 aromatic rings. The van der Waals surface area contributed by atoms with Crippen LogP contribution in [0.4, 0.5) is 0 Å². The van der Waals surface area contributed by atoms with E-state index in [4.69, 9.17) is 19.2 Å². The lowest BCUT2D eigenvalue weighted by molar-refractivity contribution is -0.697. The molecule has 0 aliphatic heterocycles. The molecule has 86 valence electrons. The van der Waals surface area contributed by atoms with Gasteiger partial charge in [-0.15, -0.1) is 0 Å². The van der Waals surface area contributed by atoms with Gasteiger partial charge < -0.3 is 14.7 Å². The molecule has 0 aliphatic rings. The van der Waals surface area contributed by atoms with Gasteiger partial charge in [0.15, 0.2) is 12.4 Å². The molecule has 1 aromatic heterocycles. The molecule has 0 fully saturated rings. The van der Waals surface area contributed by atoms with E-state index in [2.05, 4.69) is 36.0 Å². The van der Waals surface area contributed by atoms with Crippen molar-refractivity contribution in [2.24, 2.45) is 0 Å². The monoisotopic (exact) mass is 233 g/mol. The summed E-state index contributed by atoms with van der Waals surface area (Å²) >= 11 is 0. The summed E-state index contributed by atoms with van der Waals surface area (Å²) in [6.07, 6.45) is 6.75. The van der Waals surface area contributed by atoms with E-state index in [-0.39, 0.29) is 0 Å². The van der Waals surface area contributed by atoms with E-state index in [1.165, 1.54) is 12.8 Å². The molecule has 0 saturated heterocycles. The Bertz CT molecular complexity index is 290. The van der Waals surface area contributed by atoms with Crippen molar-refractivity contribution in [3.05, 3.63) is 30.6 Å². The van der Waals surface area contributed by atoms with E-state index in [0.29, 0.717) is 0 Å². The summed E-state index contributed by atoms with van der Waals surface area (Å²) in [5.41, 5.74) is 0. The third-order valence-corrected chi connectivity index (χ3v) is 1.55. The van der Waals surface area contributed by atoms with E-state index in [1.54, 1.807) is 0 Å². The minimum Gasteiger partial charge on any atom is -0.756 e. The zero-order chi connectivity index (χ0) is 11.7. The van der Waals surface area contributed by atoms with Gasteiger partial charge in [0.2, 0.25) is 0 Å². The van der Waals surface area contributed by atoms with Crippen molar-refractivity contribution in [2.45, 2.75) is 26.3 Å². The Hall–Kier alpha value is -0.740. The highest BCUT2D eigenvalue weighted by Gasteiger charge is 1.93.